The van der Waals surface area contributed by atoms with Gasteiger partial charge >= 0.3 is 0 Å². The van der Waals surface area contributed by atoms with Gasteiger partial charge in [-0.25, -0.2) is 0 Å². The number of carbonyl (C=O) groups is 1. The normalized spacial score (nSPS) is 24.2. The van der Waals surface area contributed by atoms with E-state index in [-0.39, 0.29) is 5.91 Å². The van der Waals surface area contributed by atoms with E-state index < -0.39 is 0 Å². The molecule has 24 heavy (non-hydrogen) atoms. The number of piperidine rings is 2. The van der Waals surface area contributed by atoms with Crippen LogP contribution in [-0.4, -0.2) is 55.0 Å². The fourth-order valence-corrected chi connectivity index (χ4v) is 4.57. The molecule has 2 N–H and O–H groups in total. The van der Waals surface area contributed by atoms with Gasteiger partial charge in [0.1, 0.15) is 0 Å². The number of rotatable bonds is 4. The average Bonchev–Trinajstić information content (AvgIpc) is 2.63. The van der Waals surface area contributed by atoms with Crippen molar-refractivity contribution in [2.24, 2.45) is 11.1 Å². The van der Waals surface area contributed by atoms with Crippen LogP contribution in [0.15, 0.2) is 30.3 Å². The quantitative estimate of drug-likeness (QED) is 0.923. The number of nitrogens with two attached hydrogens (primary N) is 1. The van der Waals surface area contributed by atoms with Crippen molar-refractivity contribution in [3.8, 4) is 0 Å². The lowest BCUT2D eigenvalue weighted by Crippen LogP contribution is -2.52. The Balaban J connectivity index is 1.69. The molecule has 4 nitrogen and oxygen atoms in total. The molecular formula is C20H31N3O. The smallest absolute Gasteiger partial charge is 0.223 e. The number of carbonyl (C=O) groups excluding carboxylic acids is 1. The fraction of sp³-hybridized carbons (Fsp3) is 0.650. The highest BCUT2D eigenvalue weighted by Gasteiger charge is 2.42. The lowest BCUT2D eigenvalue weighted by molar-refractivity contribution is -0.134. The zero-order valence-corrected chi connectivity index (χ0v) is 14.9. The third kappa shape index (κ3) is 3.81. The van der Waals surface area contributed by atoms with Crippen LogP contribution in [0.3, 0.4) is 0 Å². The second-order valence-corrected chi connectivity index (χ2v) is 7.56. The zero-order chi connectivity index (χ0) is 17.0. The average molecular weight is 329 g/mol. The number of hydrogen-bond acceptors (Lipinski definition) is 3. The summed E-state index contributed by atoms with van der Waals surface area (Å²) in [5.41, 5.74) is 7.38. The van der Waals surface area contributed by atoms with Gasteiger partial charge in [0.25, 0.3) is 0 Å². The lowest BCUT2D eigenvalue weighted by Gasteiger charge is -2.50. The Morgan fingerprint density at radius 1 is 1.25 bits per heavy atom. The molecule has 132 valence electrons. The number of likely N-dealkylation sites (N-methyl/N-ethyl adjacent to an activating group) is 1. The van der Waals surface area contributed by atoms with E-state index in [0.29, 0.717) is 24.3 Å². The molecule has 1 amide bonds. The Labute approximate surface area is 146 Å². The molecule has 0 aromatic heterocycles. The Morgan fingerprint density at radius 3 is 2.58 bits per heavy atom. The molecule has 1 spiro atoms. The topological polar surface area (TPSA) is 49.6 Å². The predicted molar refractivity (Wildman–Crippen MR) is 97.8 cm³/mol. The highest BCUT2D eigenvalue weighted by Crippen LogP contribution is 2.45. The first kappa shape index (κ1) is 17.4. The van der Waals surface area contributed by atoms with Crippen LogP contribution in [0.2, 0.25) is 0 Å². The number of nitrogens with zero attached hydrogens (tertiary/aromatic N) is 2. The summed E-state index contributed by atoms with van der Waals surface area (Å²) in [6, 6.07) is 11.0. The van der Waals surface area contributed by atoms with Gasteiger partial charge in [0.2, 0.25) is 5.91 Å². The fourth-order valence-electron chi connectivity index (χ4n) is 4.57. The summed E-state index contributed by atoms with van der Waals surface area (Å²) >= 11 is 0. The van der Waals surface area contributed by atoms with E-state index in [1.165, 1.54) is 18.5 Å². The highest BCUT2D eigenvalue weighted by atomic mass is 16.2. The third-order valence-electron chi connectivity index (χ3n) is 5.97. The zero-order valence-electron chi connectivity index (χ0n) is 14.9. The van der Waals surface area contributed by atoms with Crippen LogP contribution in [0.1, 0.15) is 44.1 Å². The minimum atomic E-state index is 0.232. The summed E-state index contributed by atoms with van der Waals surface area (Å²) in [6.07, 6.45) is 4.00. The standard InChI is InChI=1S/C20H31N3O/c1-2-22-15-18(17-6-4-3-5-7-17)14-20(16-22)9-12-23(13-10-20)19(24)8-11-21/h3-7,18H,2,8-16,21H2,1H3/t18-/m0/s1. The first-order valence-electron chi connectivity index (χ1n) is 9.41. The molecule has 4 heteroatoms. The van der Waals surface area contributed by atoms with Gasteiger partial charge in [-0.1, -0.05) is 37.3 Å². The van der Waals surface area contributed by atoms with Gasteiger partial charge in [0, 0.05) is 39.1 Å². The van der Waals surface area contributed by atoms with Crippen LogP contribution in [0.5, 0.6) is 0 Å². The molecule has 0 radical (unpaired) electrons. The molecule has 3 rings (SSSR count). The minimum absolute atomic E-state index is 0.232. The van der Waals surface area contributed by atoms with Crippen molar-refractivity contribution in [3.63, 3.8) is 0 Å². The number of likely N-dealkylation sites (tertiary alicyclic amines) is 2. The summed E-state index contributed by atoms with van der Waals surface area (Å²) in [7, 11) is 0. The summed E-state index contributed by atoms with van der Waals surface area (Å²) < 4.78 is 0. The maximum Gasteiger partial charge on any atom is 0.223 e. The molecule has 1 aromatic carbocycles. The maximum atomic E-state index is 12.1. The lowest BCUT2D eigenvalue weighted by atomic mass is 9.68. The number of benzene rings is 1. The van der Waals surface area contributed by atoms with Gasteiger partial charge < -0.3 is 15.5 Å². The molecule has 2 saturated heterocycles. The Morgan fingerprint density at radius 2 is 1.96 bits per heavy atom. The van der Waals surface area contributed by atoms with Crippen molar-refractivity contribution >= 4 is 5.91 Å². The molecular weight excluding hydrogens is 298 g/mol. The second-order valence-electron chi connectivity index (χ2n) is 7.56. The summed E-state index contributed by atoms with van der Waals surface area (Å²) in [6.45, 7) is 7.99. The van der Waals surface area contributed by atoms with Crippen LogP contribution in [0, 0.1) is 5.41 Å². The summed E-state index contributed by atoms with van der Waals surface area (Å²) in [5.74, 6) is 0.848. The minimum Gasteiger partial charge on any atom is -0.343 e. The monoisotopic (exact) mass is 329 g/mol. The van der Waals surface area contributed by atoms with Crippen molar-refractivity contribution in [2.75, 3.05) is 39.3 Å². The summed E-state index contributed by atoms with van der Waals surface area (Å²) in [5, 5.41) is 0. The first-order chi connectivity index (χ1) is 11.7. The van der Waals surface area contributed by atoms with E-state index in [9.17, 15) is 4.79 Å². The van der Waals surface area contributed by atoms with E-state index in [4.69, 9.17) is 5.73 Å². The van der Waals surface area contributed by atoms with Gasteiger partial charge in [0.05, 0.1) is 0 Å². The van der Waals surface area contributed by atoms with Gasteiger partial charge in [-0.15, -0.1) is 0 Å². The van der Waals surface area contributed by atoms with Gasteiger partial charge in [-0.3, -0.25) is 4.79 Å². The highest BCUT2D eigenvalue weighted by molar-refractivity contribution is 5.76. The van der Waals surface area contributed by atoms with Crippen LogP contribution < -0.4 is 5.73 Å². The Kier molecular flexibility index (Phi) is 5.57. The van der Waals surface area contributed by atoms with E-state index in [1.54, 1.807) is 0 Å². The molecule has 1 atom stereocenters. The van der Waals surface area contributed by atoms with Crippen LogP contribution in [-0.2, 0) is 4.79 Å². The second kappa shape index (κ2) is 7.66. The number of hydrogen-bond donors (Lipinski definition) is 1. The van der Waals surface area contributed by atoms with Crippen LogP contribution in [0.25, 0.3) is 0 Å². The summed E-state index contributed by atoms with van der Waals surface area (Å²) in [4.78, 5) is 16.7. The third-order valence-corrected chi connectivity index (χ3v) is 5.97. The van der Waals surface area contributed by atoms with Crippen molar-refractivity contribution in [1.29, 1.82) is 0 Å². The molecule has 2 fully saturated rings. The maximum absolute atomic E-state index is 12.1. The molecule has 2 heterocycles. The molecule has 0 saturated carbocycles. The molecule has 0 bridgehead atoms. The van der Waals surface area contributed by atoms with E-state index >= 15 is 0 Å². The van der Waals surface area contributed by atoms with Crippen LogP contribution >= 0.6 is 0 Å². The molecule has 0 aliphatic carbocycles. The Bertz CT molecular complexity index is 537. The van der Waals surface area contributed by atoms with Crippen molar-refractivity contribution in [1.82, 2.24) is 9.80 Å². The van der Waals surface area contributed by atoms with E-state index in [1.807, 2.05) is 4.90 Å². The van der Waals surface area contributed by atoms with Gasteiger partial charge in [-0.05, 0) is 42.7 Å². The molecule has 0 unspecified atom stereocenters. The Hall–Kier alpha value is -1.39. The predicted octanol–water partition coefficient (Wildman–Crippen LogP) is 2.45. The van der Waals surface area contributed by atoms with E-state index in [0.717, 1.165) is 39.0 Å². The van der Waals surface area contributed by atoms with Crippen molar-refractivity contribution in [3.05, 3.63) is 35.9 Å². The number of amides is 1. The SMILES string of the molecule is CCN1C[C@@H](c2ccccc2)CC2(CCN(C(=O)CCN)CC2)C1. The largest absolute Gasteiger partial charge is 0.343 e. The van der Waals surface area contributed by atoms with Gasteiger partial charge in [-0.2, -0.15) is 0 Å². The molecule has 2 aliphatic heterocycles. The van der Waals surface area contributed by atoms with Crippen molar-refractivity contribution < 1.29 is 4.79 Å². The van der Waals surface area contributed by atoms with Crippen LogP contribution in [0.4, 0.5) is 0 Å². The molecule has 2 aliphatic rings. The van der Waals surface area contributed by atoms with E-state index in [2.05, 4.69) is 42.2 Å². The first-order valence-corrected chi connectivity index (χ1v) is 9.41. The van der Waals surface area contributed by atoms with Gasteiger partial charge in [0.15, 0.2) is 0 Å². The molecule has 1 aromatic rings. The van der Waals surface area contributed by atoms with Crippen molar-refractivity contribution in [2.45, 2.75) is 38.5 Å².